The van der Waals surface area contributed by atoms with Gasteiger partial charge in [-0.3, -0.25) is 4.79 Å². The van der Waals surface area contributed by atoms with Gasteiger partial charge in [0, 0.05) is 35.0 Å². The molecule has 3 rings (SSSR count). The third-order valence-electron chi connectivity index (χ3n) is 3.77. The van der Waals surface area contributed by atoms with Crippen molar-refractivity contribution in [2.24, 2.45) is 0 Å². The Morgan fingerprint density at radius 2 is 1.84 bits per heavy atom. The molecule has 0 N–H and O–H groups in total. The summed E-state index contributed by atoms with van der Waals surface area (Å²) in [5.74, 6) is 0.326. The van der Waals surface area contributed by atoms with Crippen LogP contribution in [-0.2, 0) is 0 Å². The number of Topliss-reactive ketones (excluding diaryl/α,β-unsaturated/α-hetero) is 1. The van der Waals surface area contributed by atoms with Crippen molar-refractivity contribution in [3.05, 3.63) is 69.7 Å². The smallest absolute Gasteiger partial charge is 0.187 e. The standard InChI is InChI=1S/C18H15Cl2N3OS/c1-11-8-14(17(24)10-25-18-21-6-3-7-22-18)12(2)23(11)13-4-5-15(19)16(20)9-13/h3-9H,10H2,1-2H3. The van der Waals surface area contributed by atoms with Crippen LogP contribution in [0.4, 0.5) is 0 Å². The summed E-state index contributed by atoms with van der Waals surface area (Å²) in [5.41, 5.74) is 3.39. The largest absolute Gasteiger partial charge is 0.318 e. The molecule has 0 saturated heterocycles. The second kappa shape index (κ2) is 7.60. The van der Waals surface area contributed by atoms with Gasteiger partial charge in [0.1, 0.15) is 0 Å². The number of nitrogens with zero attached hydrogens (tertiary/aromatic N) is 3. The van der Waals surface area contributed by atoms with E-state index in [4.69, 9.17) is 23.2 Å². The highest BCUT2D eigenvalue weighted by Crippen LogP contribution is 2.28. The van der Waals surface area contributed by atoms with Crippen LogP contribution in [0, 0.1) is 13.8 Å². The van der Waals surface area contributed by atoms with E-state index < -0.39 is 0 Å². The molecule has 0 fully saturated rings. The van der Waals surface area contributed by atoms with Crippen molar-refractivity contribution < 1.29 is 4.79 Å². The van der Waals surface area contributed by atoms with Crippen molar-refractivity contribution >= 4 is 40.7 Å². The van der Waals surface area contributed by atoms with Gasteiger partial charge in [-0.15, -0.1) is 0 Å². The van der Waals surface area contributed by atoms with Crippen LogP contribution in [0.15, 0.2) is 47.9 Å². The predicted molar refractivity (Wildman–Crippen MR) is 102 cm³/mol. The molecule has 7 heteroatoms. The second-order valence-corrected chi connectivity index (χ2v) is 7.22. The normalized spacial score (nSPS) is 10.9. The van der Waals surface area contributed by atoms with Gasteiger partial charge in [-0.05, 0) is 44.2 Å². The zero-order chi connectivity index (χ0) is 18.0. The second-order valence-electron chi connectivity index (χ2n) is 5.46. The van der Waals surface area contributed by atoms with Crippen LogP contribution in [0.2, 0.25) is 10.0 Å². The fraction of sp³-hybridized carbons (Fsp3) is 0.167. The lowest BCUT2D eigenvalue weighted by Crippen LogP contribution is -2.06. The Labute approximate surface area is 160 Å². The van der Waals surface area contributed by atoms with Gasteiger partial charge >= 0.3 is 0 Å². The average Bonchev–Trinajstić information content (AvgIpc) is 2.91. The summed E-state index contributed by atoms with van der Waals surface area (Å²) in [6.07, 6.45) is 3.33. The van der Waals surface area contributed by atoms with Gasteiger partial charge in [0.15, 0.2) is 10.9 Å². The van der Waals surface area contributed by atoms with E-state index in [1.165, 1.54) is 11.8 Å². The summed E-state index contributed by atoms with van der Waals surface area (Å²) in [6, 6.07) is 9.07. The van der Waals surface area contributed by atoms with Gasteiger partial charge in [-0.2, -0.15) is 0 Å². The molecule has 128 valence electrons. The summed E-state index contributed by atoms with van der Waals surface area (Å²) in [4.78, 5) is 20.9. The molecule has 0 aliphatic carbocycles. The molecule has 25 heavy (non-hydrogen) atoms. The quantitative estimate of drug-likeness (QED) is 0.342. The highest BCUT2D eigenvalue weighted by atomic mass is 35.5. The van der Waals surface area contributed by atoms with Gasteiger partial charge in [-0.25, -0.2) is 9.97 Å². The molecule has 3 aromatic rings. The van der Waals surface area contributed by atoms with E-state index in [0.29, 0.717) is 20.8 Å². The van der Waals surface area contributed by atoms with Crippen molar-refractivity contribution in [1.82, 2.24) is 14.5 Å². The Bertz CT molecular complexity index is 926. The summed E-state index contributed by atoms with van der Waals surface area (Å²) in [6.45, 7) is 3.88. The Kier molecular flexibility index (Phi) is 5.47. The molecule has 0 bridgehead atoms. The van der Waals surface area contributed by atoms with E-state index >= 15 is 0 Å². The SMILES string of the molecule is Cc1cc(C(=O)CSc2ncccn2)c(C)n1-c1ccc(Cl)c(Cl)c1. The molecule has 0 amide bonds. The number of rotatable bonds is 5. The monoisotopic (exact) mass is 391 g/mol. The number of hydrogen-bond donors (Lipinski definition) is 0. The third kappa shape index (κ3) is 3.89. The van der Waals surface area contributed by atoms with Crippen LogP contribution in [0.25, 0.3) is 5.69 Å². The number of ketones is 1. The minimum absolute atomic E-state index is 0.0388. The highest BCUT2D eigenvalue weighted by Gasteiger charge is 2.17. The fourth-order valence-corrected chi connectivity index (χ4v) is 3.61. The molecule has 0 aliphatic rings. The molecular weight excluding hydrogens is 377 g/mol. The molecule has 0 aliphatic heterocycles. The van der Waals surface area contributed by atoms with Crippen LogP contribution in [-0.4, -0.2) is 26.1 Å². The van der Waals surface area contributed by atoms with E-state index in [2.05, 4.69) is 9.97 Å². The van der Waals surface area contributed by atoms with Crippen molar-refractivity contribution in [2.75, 3.05) is 5.75 Å². The van der Waals surface area contributed by atoms with Gasteiger partial charge < -0.3 is 4.57 Å². The minimum Gasteiger partial charge on any atom is -0.318 e. The van der Waals surface area contributed by atoms with Crippen LogP contribution in [0.5, 0.6) is 0 Å². The van der Waals surface area contributed by atoms with Gasteiger partial charge in [0.25, 0.3) is 0 Å². The predicted octanol–water partition coefficient (Wildman–Crippen LogP) is 5.17. The van der Waals surface area contributed by atoms with Crippen molar-refractivity contribution in [2.45, 2.75) is 19.0 Å². The molecular formula is C18H15Cl2N3OS. The molecule has 0 unspecified atom stereocenters. The third-order valence-corrected chi connectivity index (χ3v) is 5.38. The van der Waals surface area contributed by atoms with Gasteiger partial charge in [0.2, 0.25) is 0 Å². The highest BCUT2D eigenvalue weighted by molar-refractivity contribution is 7.99. The first kappa shape index (κ1) is 18.0. The number of hydrogen-bond acceptors (Lipinski definition) is 4. The van der Waals surface area contributed by atoms with E-state index in [1.807, 2.05) is 30.5 Å². The molecule has 1 aromatic carbocycles. The maximum Gasteiger partial charge on any atom is 0.187 e. The van der Waals surface area contributed by atoms with Crippen molar-refractivity contribution in [3.8, 4) is 5.69 Å². The number of benzene rings is 1. The number of carbonyl (C=O) groups is 1. The lowest BCUT2D eigenvalue weighted by atomic mass is 10.2. The number of thioether (sulfide) groups is 1. The molecule has 2 heterocycles. The van der Waals surface area contributed by atoms with E-state index in [0.717, 1.165) is 17.1 Å². The Balaban J connectivity index is 1.86. The van der Waals surface area contributed by atoms with Gasteiger partial charge in [0.05, 0.1) is 15.8 Å². The summed E-state index contributed by atoms with van der Waals surface area (Å²) in [5, 5.41) is 1.58. The first-order valence-corrected chi connectivity index (χ1v) is 9.29. The Hall–Kier alpha value is -1.82. The van der Waals surface area contributed by atoms with Crippen LogP contribution in [0.1, 0.15) is 21.7 Å². The molecule has 0 spiro atoms. The van der Waals surface area contributed by atoms with Crippen molar-refractivity contribution in [1.29, 1.82) is 0 Å². The minimum atomic E-state index is 0.0388. The lowest BCUT2D eigenvalue weighted by molar-refractivity contribution is 0.102. The van der Waals surface area contributed by atoms with Crippen LogP contribution >= 0.6 is 35.0 Å². The topological polar surface area (TPSA) is 47.8 Å². The number of aryl methyl sites for hydroxylation is 1. The van der Waals surface area contributed by atoms with E-state index in [1.54, 1.807) is 30.6 Å². The summed E-state index contributed by atoms with van der Waals surface area (Å²) < 4.78 is 2.00. The van der Waals surface area contributed by atoms with Crippen molar-refractivity contribution in [3.63, 3.8) is 0 Å². The zero-order valence-electron chi connectivity index (χ0n) is 13.7. The van der Waals surface area contributed by atoms with E-state index in [-0.39, 0.29) is 11.5 Å². The first-order chi connectivity index (χ1) is 12.0. The molecule has 2 aromatic heterocycles. The lowest BCUT2D eigenvalue weighted by Gasteiger charge is -2.11. The number of carbonyl (C=O) groups excluding carboxylic acids is 1. The maximum absolute atomic E-state index is 12.6. The molecule has 0 radical (unpaired) electrons. The van der Waals surface area contributed by atoms with E-state index in [9.17, 15) is 4.79 Å². The summed E-state index contributed by atoms with van der Waals surface area (Å²) >= 11 is 13.4. The average molecular weight is 392 g/mol. The van der Waals surface area contributed by atoms with Crippen LogP contribution < -0.4 is 0 Å². The van der Waals surface area contributed by atoms with Gasteiger partial charge in [-0.1, -0.05) is 35.0 Å². The zero-order valence-corrected chi connectivity index (χ0v) is 16.0. The maximum atomic E-state index is 12.6. The number of aromatic nitrogens is 3. The molecule has 0 saturated carbocycles. The first-order valence-electron chi connectivity index (χ1n) is 7.54. The van der Waals surface area contributed by atoms with Crippen LogP contribution in [0.3, 0.4) is 0 Å². The number of halogens is 2. The molecule has 4 nitrogen and oxygen atoms in total. The summed E-state index contributed by atoms with van der Waals surface area (Å²) in [7, 11) is 0. The Morgan fingerprint density at radius 1 is 1.12 bits per heavy atom. The Morgan fingerprint density at radius 3 is 2.52 bits per heavy atom. The fourth-order valence-electron chi connectivity index (χ4n) is 2.63. The molecule has 0 atom stereocenters.